The number of carbonyl (C=O) groups is 1. The van der Waals surface area contributed by atoms with Crippen molar-refractivity contribution in [3.63, 3.8) is 0 Å². The van der Waals surface area contributed by atoms with Gasteiger partial charge in [-0.2, -0.15) is 0 Å². The lowest BCUT2D eigenvalue weighted by molar-refractivity contribution is -0.141. The Bertz CT molecular complexity index is 226. The summed E-state index contributed by atoms with van der Waals surface area (Å²) in [4.78, 5) is 11.4. The maximum absolute atomic E-state index is 11.4. The number of ether oxygens (including phenoxy) is 3. The van der Waals surface area contributed by atoms with Gasteiger partial charge in [-0.25, -0.2) is 4.79 Å². The van der Waals surface area contributed by atoms with Crippen LogP contribution in [-0.2, 0) is 19.0 Å². The van der Waals surface area contributed by atoms with Crippen LogP contribution >= 0.6 is 0 Å². The molecule has 5 heteroatoms. The van der Waals surface area contributed by atoms with E-state index in [4.69, 9.17) is 14.2 Å². The highest BCUT2D eigenvalue weighted by Crippen LogP contribution is 2.07. The first kappa shape index (κ1) is 15.3. The van der Waals surface area contributed by atoms with Crippen LogP contribution < -0.4 is 0 Å². The first-order valence-electron chi connectivity index (χ1n) is 5.47. The van der Waals surface area contributed by atoms with E-state index in [0.29, 0.717) is 5.57 Å². The lowest BCUT2D eigenvalue weighted by Crippen LogP contribution is -2.35. The van der Waals surface area contributed by atoms with Crippen LogP contribution in [0.3, 0.4) is 0 Å². The van der Waals surface area contributed by atoms with Gasteiger partial charge in [0.15, 0.2) is 0 Å². The van der Waals surface area contributed by atoms with Crippen molar-refractivity contribution in [1.82, 2.24) is 0 Å². The highest BCUT2D eigenvalue weighted by atomic mass is 28.2. The van der Waals surface area contributed by atoms with Gasteiger partial charge in [0.05, 0.1) is 5.73 Å². The van der Waals surface area contributed by atoms with E-state index < -0.39 is 9.52 Å². The molecule has 0 aliphatic heterocycles. The van der Waals surface area contributed by atoms with Crippen molar-refractivity contribution in [2.45, 2.75) is 38.3 Å². The van der Waals surface area contributed by atoms with Crippen LogP contribution in [0.5, 0.6) is 0 Å². The van der Waals surface area contributed by atoms with Gasteiger partial charge in [-0.05, 0) is 13.3 Å². The summed E-state index contributed by atoms with van der Waals surface area (Å²) >= 11 is 0. The molecule has 0 aromatic heterocycles. The van der Waals surface area contributed by atoms with E-state index in [9.17, 15) is 4.79 Å². The highest BCUT2D eigenvalue weighted by Gasteiger charge is 2.20. The van der Waals surface area contributed by atoms with E-state index in [1.165, 1.54) is 0 Å². The smallest absolute Gasteiger partial charge is 0.333 e. The van der Waals surface area contributed by atoms with Crippen LogP contribution in [-0.4, -0.2) is 41.3 Å². The van der Waals surface area contributed by atoms with Crippen LogP contribution in [0, 0.1) is 0 Å². The molecule has 1 atom stereocenters. The van der Waals surface area contributed by atoms with Gasteiger partial charge in [0, 0.05) is 19.8 Å². The number of rotatable bonds is 8. The average molecular weight is 246 g/mol. The molecule has 0 saturated carbocycles. The summed E-state index contributed by atoms with van der Waals surface area (Å²) < 4.78 is 15.6. The van der Waals surface area contributed by atoms with Crippen LogP contribution in [0.15, 0.2) is 12.2 Å². The normalized spacial score (nSPS) is 13.3. The molecule has 0 heterocycles. The molecule has 0 fully saturated rings. The fraction of sp³-hybridized carbons (Fsp3) is 0.727. The minimum Gasteiger partial charge on any atom is -0.463 e. The second-order valence-electron chi connectivity index (χ2n) is 3.73. The van der Waals surface area contributed by atoms with Crippen molar-refractivity contribution in [3.8, 4) is 0 Å². The zero-order valence-electron chi connectivity index (χ0n) is 10.6. The maximum Gasteiger partial charge on any atom is 0.333 e. The Morgan fingerprint density at radius 1 is 1.38 bits per heavy atom. The van der Waals surface area contributed by atoms with Crippen molar-refractivity contribution in [2.75, 3.05) is 14.2 Å². The van der Waals surface area contributed by atoms with Crippen LogP contribution in [0.2, 0.25) is 0 Å². The lowest BCUT2D eigenvalue weighted by atomic mass is 10.3. The largest absolute Gasteiger partial charge is 0.463 e. The monoisotopic (exact) mass is 246 g/mol. The van der Waals surface area contributed by atoms with Crippen molar-refractivity contribution in [2.24, 2.45) is 0 Å². The van der Waals surface area contributed by atoms with E-state index in [0.717, 1.165) is 12.8 Å². The topological polar surface area (TPSA) is 44.8 Å². The molecular weight excluding hydrogens is 224 g/mol. The summed E-state index contributed by atoms with van der Waals surface area (Å²) in [6.45, 7) is 7.28. The third-order valence-corrected chi connectivity index (χ3v) is 4.37. The van der Waals surface area contributed by atoms with Gasteiger partial charge in [0.1, 0.15) is 15.4 Å². The summed E-state index contributed by atoms with van der Waals surface area (Å²) in [5.41, 5.74) is 0.389. The first-order valence-corrected chi connectivity index (χ1v) is 7.10. The molecule has 0 N–H and O–H groups in total. The summed E-state index contributed by atoms with van der Waals surface area (Å²) in [5, 5.41) is 0. The highest BCUT2D eigenvalue weighted by molar-refractivity contribution is 6.38. The first-order chi connectivity index (χ1) is 7.54. The number of hydrogen-bond donors (Lipinski definition) is 0. The summed E-state index contributed by atoms with van der Waals surface area (Å²) in [7, 11) is 2.43. The van der Waals surface area contributed by atoms with E-state index >= 15 is 0 Å². The van der Waals surface area contributed by atoms with Crippen molar-refractivity contribution in [1.29, 1.82) is 0 Å². The fourth-order valence-electron chi connectivity index (χ4n) is 1.30. The molecule has 0 aliphatic rings. The number of carbonyl (C=O) groups excluding carboxylic acids is 1. The lowest BCUT2D eigenvalue weighted by Gasteiger charge is -2.21. The van der Waals surface area contributed by atoms with Crippen LogP contribution in [0.25, 0.3) is 0 Å². The molecular formula is C11H22O4Si. The standard InChI is InChI=1S/C11H22O4Si/c1-6-7-9(15-10(12)8(2)3)16-11(13-4)14-5/h9,11H,2,6-7,16H2,1,3-5H3. The Hall–Kier alpha value is -0.653. The molecule has 0 spiro atoms. The van der Waals surface area contributed by atoms with Crippen LogP contribution in [0.1, 0.15) is 26.7 Å². The van der Waals surface area contributed by atoms with Crippen molar-refractivity contribution < 1.29 is 19.0 Å². The van der Waals surface area contributed by atoms with Gasteiger partial charge in [0.25, 0.3) is 0 Å². The Balaban J connectivity index is 4.25. The van der Waals surface area contributed by atoms with Crippen molar-refractivity contribution in [3.05, 3.63) is 12.2 Å². The Morgan fingerprint density at radius 3 is 2.31 bits per heavy atom. The molecule has 94 valence electrons. The van der Waals surface area contributed by atoms with Gasteiger partial charge < -0.3 is 14.2 Å². The van der Waals surface area contributed by atoms with E-state index in [1.54, 1.807) is 21.1 Å². The van der Waals surface area contributed by atoms with Gasteiger partial charge in [-0.15, -0.1) is 0 Å². The van der Waals surface area contributed by atoms with Gasteiger partial charge in [-0.1, -0.05) is 19.9 Å². The third-order valence-electron chi connectivity index (χ3n) is 2.21. The molecule has 0 amide bonds. The minimum atomic E-state index is -0.775. The number of hydrogen-bond acceptors (Lipinski definition) is 4. The fourth-order valence-corrected chi connectivity index (χ4v) is 3.01. The number of methoxy groups -OCH3 is 2. The molecule has 0 saturated heterocycles. The van der Waals surface area contributed by atoms with Crippen molar-refractivity contribution >= 4 is 15.5 Å². The average Bonchev–Trinajstić information content (AvgIpc) is 2.25. The second-order valence-corrected chi connectivity index (χ2v) is 5.78. The SMILES string of the molecule is C=C(C)C(=O)OC(CCC)[SiH2]C(OC)OC. The van der Waals surface area contributed by atoms with E-state index in [-0.39, 0.29) is 17.6 Å². The predicted octanol–water partition coefficient (Wildman–Crippen LogP) is 0.977. The van der Waals surface area contributed by atoms with Gasteiger partial charge >= 0.3 is 5.97 Å². The molecule has 0 rings (SSSR count). The maximum atomic E-state index is 11.4. The van der Waals surface area contributed by atoms with Gasteiger partial charge in [-0.3, -0.25) is 0 Å². The van der Waals surface area contributed by atoms with Gasteiger partial charge in [0.2, 0.25) is 0 Å². The molecule has 0 aromatic carbocycles. The quantitative estimate of drug-likeness (QED) is 0.277. The summed E-state index contributed by atoms with van der Waals surface area (Å²) in [6, 6.07) is 0. The predicted molar refractivity (Wildman–Crippen MR) is 66.0 cm³/mol. The molecule has 4 nitrogen and oxygen atoms in total. The Labute approximate surface area is 99.8 Å². The molecule has 0 aliphatic carbocycles. The van der Waals surface area contributed by atoms with Crippen LogP contribution in [0.4, 0.5) is 0 Å². The van der Waals surface area contributed by atoms with E-state index in [2.05, 4.69) is 13.5 Å². The Kier molecular flexibility index (Phi) is 8.15. The Morgan fingerprint density at radius 2 is 1.94 bits per heavy atom. The molecule has 0 aromatic rings. The summed E-state index contributed by atoms with van der Waals surface area (Å²) in [5.74, 6) is -0.522. The van der Waals surface area contributed by atoms with E-state index in [1.807, 2.05) is 0 Å². The molecule has 1 unspecified atom stereocenters. The zero-order chi connectivity index (χ0) is 12.6. The zero-order valence-corrected chi connectivity index (χ0v) is 12.0. The molecule has 0 bridgehead atoms. The third kappa shape index (κ3) is 6.04. The second kappa shape index (κ2) is 8.49. The molecule has 16 heavy (non-hydrogen) atoms. The molecule has 0 radical (unpaired) electrons. The summed E-state index contributed by atoms with van der Waals surface area (Å²) in [6.07, 6.45) is 1.83. The number of esters is 1. The minimum absolute atomic E-state index is 0.0425.